The number of aryl methyl sites for hydroxylation is 1. The van der Waals surface area contributed by atoms with Gasteiger partial charge >= 0.3 is 0 Å². The molecule has 1 aromatic heterocycles. The molecule has 1 aromatic carbocycles. The van der Waals surface area contributed by atoms with Crippen LogP contribution in [0, 0.1) is 5.82 Å². The molecular formula is C13H12ClFN2O. The molecule has 0 saturated carbocycles. The van der Waals surface area contributed by atoms with Crippen molar-refractivity contribution in [1.82, 2.24) is 4.57 Å². The van der Waals surface area contributed by atoms with Crippen LogP contribution in [0.25, 0.3) is 0 Å². The normalized spacial score (nSPS) is 10.4. The zero-order valence-electron chi connectivity index (χ0n) is 9.78. The summed E-state index contributed by atoms with van der Waals surface area (Å²) in [4.78, 5) is 11.7. The highest BCUT2D eigenvalue weighted by Gasteiger charge is 2.06. The molecule has 0 aliphatic carbocycles. The molecule has 0 radical (unpaired) electrons. The predicted molar refractivity (Wildman–Crippen MR) is 69.2 cm³/mol. The van der Waals surface area contributed by atoms with Crippen molar-refractivity contribution in [2.75, 3.05) is 5.32 Å². The predicted octanol–water partition coefficient (Wildman–Crippen LogP) is 3.00. The van der Waals surface area contributed by atoms with E-state index in [4.69, 9.17) is 11.6 Å². The number of nitrogens with zero attached hydrogens (tertiary/aromatic N) is 1. The Hall–Kier alpha value is -1.81. The fraction of sp³-hybridized carbons (Fsp3) is 0.154. The van der Waals surface area contributed by atoms with Gasteiger partial charge in [0.15, 0.2) is 0 Å². The van der Waals surface area contributed by atoms with Gasteiger partial charge in [-0.05, 0) is 29.8 Å². The van der Waals surface area contributed by atoms with Crippen LogP contribution in [0.2, 0.25) is 5.02 Å². The molecule has 94 valence electrons. The molecule has 0 aliphatic rings. The topological polar surface area (TPSA) is 34.0 Å². The van der Waals surface area contributed by atoms with E-state index in [-0.39, 0.29) is 17.4 Å². The third-order valence-corrected chi connectivity index (χ3v) is 2.75. The fourth-order valence-corrected chi connectivity index (χ4v) is 1.81. The summed E-state index contributed by atoms with van der Waals surface area (Å²) in [5, 5.41) is 2.66. The van der Waals surface area contributed by atoms with Gasteiger partial charge in [-0.1, -0.05) is 11.6 Å². The van der Waals surface area contributed by atoms with Crippen LogP contribution in [-0.4, -0.2) is 10.5 Å². The lowest BCUT2D eigenvalue weighted by Crippen LogP contribution is -2.14. The lowest BCUT2D eigenvalue weighted by Gasteiger charge is -2.05. The molecule has 1 N–H and O–H groups in total. The summed E-state index contributed by atoms with van der Waals surface area (Å²) < 4.78 is 14.8. The van der Waals surface area contributed by atoms with Crippen LogP contribution in [0.1, 0.15) is 5.56 Å². The van der Waals surface area contributed by atoms with E-state index in [0.717, 1.165) is 5.56 Å². The summed E-state index contributed by atoms with van der Waals surface area (Å²) in [6.45, 7) is 0. The minimum absolute atomic E-state index is 0.00693. The van der Waals surface area contributed by atoms with Crippen LogP contribution in [0.5, 0.6) is 0 Å². The van der Waals surface area contributed by atoms with Crippen LogP contribution in [-0.2, 0) is 18.3 Å². The minimum Gasteiger partial charge on any atom is -0.357 e. The molecule has 3 nitrogen and oxygen atoms in total. The van der Waals surface area contributed by atoms with Crippen molar-refractivity contribution in [1.29, 1.82) is 0 Å². The molecule has 1 heterocycles. The zero-order chi connectivity index (χ0) is 13.1. The van der Waals surface area contributed by atoms with Crippen LogP contribution in [0.3, 0.4) is 0 Å². The standard InChI is InChI=1S/C13H12ClFN2O/c1-17-5-4-9(8-17)6-13(18)16-10-2-3-12(15)11(14)7-10/h2-5,7-8H,6H2,1H3,(H,16,18). The van der Waals surface area contributed by atoms with Gasteiger partial charge in [0, 0.05) is 25.1 Å². The maximum absolute atomic E-state index is 12.9. The first kappa shape index (κ1) is 12.6. The quantitative estimate of drug-likeness (QED) is 0.910. The number of carbonyl (C=O) groups excluding carboxylic acids is 1. The summed E-state index contributed by atoms with van der Waals surface area (Å²) in [7, 11) is 1.89. The number of benzene rings is 1. The first-order valence-corrected chi connectivity index (χ1v) is 5.78. The van der Waals surface area contributed by atoms with E-state index in [2.05, 4.69) is 5.32 Å². The van der Waals surface area contributed by atoms with Gasteiger partial charge in [-0.2, -0.15) is 0 Å². The molecule has 18 heavy (non-hydrogen) atoms. The number of anilines is 1. The van der Waals surface area contributed by atoms with Crippen molar-refractivity contribution in [2.24, 2.45) is 7.05 Å². The molecule has 0 fully saturated rings. The molecule has 5 heteroatoms. The van der Waals surface area contributed by atoms with Gasteiger partial charge in [0.1, 0.15) is 5.82 Å². The zero-order valence-corrected chi connectivity index (χ0v) is 10.5. The number of hydrogen-bond donors (Lipinski definition) is 1. The number of nitrogens with one attached hydrogen (secondary N) is 1. The highest BCUT2D eigenvalue weighted by Crippen LogP contribution is 2.19. The summed E-state index contributed by atoms with van der Waals surface area (Å²) in [6.07, 6.45) is 4.02. The second kappa shape index (κ2) is 5.23. The number of rotatable bonds is 3. The third kappa shape index (κ3) is 3.11. The van der Waals surface area contributed by atoms with E-state index in [1.54, 1.807) is 0 Å². The van der Waals surface area contributed by atoms with Crippen molar-refractivity contribution in [3.63, 3.8) is 0 Å². The number of hydrogen-bond acceptors (Lipinski definition) is 1. The van der Waals surface area contributed by atoms with Gasteiger partial charge in [0.2, 0.25) is 5.91 Å². The van der Waals surface area contributed by atoms with Crippen molar-refractivity contribution < 1.29 is 9.18 Å². The highest BCUT2D eigenvalue weighted by atomic mass is 35.5. The second-order valence-corrected chi connectivity index (χ2v) is 4.45. The van der Waals surface area contributed by atoms with E-state index >= 15 is 0 Å². The van der Waals surface area contributed by atoms with E-state index in [1.807, 2.05) is 30.1 Å². The van der Waals surface area contributed by atoms with E-state index in [9.17, 15) is 9.18 Å². The van der Waals surface area contributed by atoms with Gasteiger partial charge in [-0.25, -0.2) is 4.39 Å². The molecule has 0 saturated heterocycles. The monoisotopic (exact) mass is 266 g/mol. The molecule has 2 rings (SSSR count). The Kier molecular flexibility index (Phi) is 3.67. The number of carbonyl (C=O) groups is 1. The first-order chi connectivity index (χ1) is 8.54. The number of halogens is 2. The molecule has 0 unspecified atom stereocenters. The summed E-state index contributed by atoms with van der Waals surface area (Å²) in [5.74, 6) is -0.665. The number of aromatic nitrogens is 1. The Balaban J connectivity index is 2.00. The maximum Gasteiger partial charge on any atom is 0.228 e. The average Bonchev–Trinajstić information content (AvgIpc) is 2.69. The molecular weight excluding hydrogens is 255 g/mol. The van der Waals surface area contributed by atoms with Gasteiger partial charge in [-0.3, -0.25) is 4.79 Å². The van der Waals surface area contributed by atoms with Crippen molar-refractivity contribution >= 4 is 23.2 Å². The second-order valence-electron chi connectivity index (χ2n) is 4.04. The van der Waals surface area contributed by atoms with E-state index in [0.29, 0.717) is 5.69 Å². The SMILES string of the molecule is Cn1ccc(CC(=O)Nc2ccc(F)c(Cl)c2)c1. The first-order valence-electron chi connectivity index (χ1n) is 5.40. The average molecular weight is 267 g/mol. The van der Waals surface area contributed by atoms with Crippen molar-refractivity contribution in [2.45, 2.75) is 6.42 Å². The Labute approximate surface area is 109 Å². The van der Waals surface area contributed by atoms with Crippen molar-refractivity contribution in [3.05, 3.63) is 53.1 Å². The maximum atomic E-state index is 12.9. The van der Waals surface area contributed by atoms with Crippen LogP contribution in [0.4, 0.5) is 10.1 Å². The fourth-order valence-electron chi connectivity index (χ4n) is 1.63. The smallest absolute Gasteiger partial charge is 0.228 e. The summed E-state index contributed by atoms with van der Waals surface area (Å²) >= 11 is 5.63. The molecule has 0 aliphatic heterocycles. The molecule has 2 aromatic rings. The van der Waals surface area contributed by atoms with Gasteiger partial charge in [-0.15, -0.1) is 0 Å². The Morgan fingerprint density at radius 1 is 1.44 bits per heavy atom. The third-order valence-electron chi connectivity index (χ3n) is 2.46. The van der Waals surface area contributed by atoms with Gasteiger partial charge < -0.3 is 9.88 Å². The Bertz CT molecular complexity index is 580. The molecule has 1 amide bonds. The lowest BCUT2D eigenvalue weighted by molar-refractivity contribution is -0.115. The van der Waals surface area contributed by atoms with Crippen molar-refractivity contribution in [3.8, 4) is 0 Å². The highest BCUT2D eigenvalue weighted by molar-refractivity contribution is 6.31. The van der Waals surface area contributed by atoms with Crippen LogP contribution >= 0.6 is 11.6 Å². The molecule has 0 spiro atoms. The van der Waals surface area contributed by atoms with E-state index < -0.39 is 5.82 Å². The molecule has 0 atom stereocenters. The van der Waals surface area contributed by atoms with Crippen LogP contribution in [0.15, 0.2) is 36.7 Å². The Morgan fingerprint density at radius 2 is 2.22 bits per heavy atom. The summed E-state index contributed by atoms with van der Waals surface area (Å²) in [6, 6.07) is 5.96. The van der Waals surface area contributed by atoms with E-state index in [1.165, 1.54) is 18.2 Å². The minimum atomic E-state index is -0.502. The van der Waals surface area contributed by atoms with Gasteiger partial charge in [0.05, 0.1) is 11.4 Å². The summed E-state index contributed by atoms with van der Waals surface area (Å²) in [5.41, 5.74) is 1.41. The van der Waals surface area contributed by atoms with Crippen LogP contribution < -0.4 is 5.32 Å². The Morgan fingerprint density at radius 3 is 2.83 bits per heavy atom. The number of amides is 1. The van der Waals surface area contributed by atoms with Gasteiger partial charge in [0.25, 0.3) is 0 Å². The molecule has 0 bridgehead atoms. The lowest BCUT2D eigenvalue weighted by atomic mass is 10.2. The largest absolute Gasteiger partial charge is 0.357 e.